The summed E-state index contributed by atoms with van der Waals surface area (Å²) >= 11 is 3.26. The second-order valence-electron chi connectivity index (χ2n) is 4.11. The summed E-state index contributed by atoms with van der Waals surface area (Å²) in [6.07, 6.45) is 1.56. The Bertz CT molecular complexity index is 586. The van der Waals surface area contributed by atoms with Crippen molar-refractivity contribution in [2.45, 2.75) is 6.54 Å². The van der Waals surface area contributed by atoms with E-state index in [0.717, 1.165) is 4.47 Å². The van der Waals surface area contributed by atoms with Crippen molar-refractivity contribution in [3.8, 4) is 0 Å². The monoisotopic (exact) mass is 322 g/mol. The fourth-order valence-electron chi connectivity index (χ4n) is 1.65. The Kier molecular flexibility index (Phi) is 4.27. The van der Waals surface area contributed by atoms with Crippen molar-refractivity contribution >= 4 is 21.8 Å². The minimum absolute atomic E-state index is 0.212. The van der Waals surface area contributed by atoms with Crippen molar-refractivity contribution in [3.05, 3.63) is 64.1 Å². The third-order valence-electron chi connectivity index (χ3n) is 2.66. The maximum absolute atomic E-state index is 13.5. The Morgan fingerprint density at radius 1 is 1.32 bits per heavy atom. The number of aromatic nitrogens is 1. The number of amides is 1. The number of hydrogen-bond acceptors (Lipinski definition) is 2. The highest BCUT2D eigenvalue weighted by atomic mass is 79.9. The molecule has 0 spiro atoms. The molecule has 0 aliphatic carbocycles. The van der Waals surface area contributed by atoms with Crippen LogP contribution in [0, 0.1) is 5.82 Å². The van der Waals surface area contributed by atoms with E-state index < -0.39 is 0 Å². The molecule has 19 heavy (non-hydrogen) atoms. The van der Waals surface area contributed by atoms with Gasteiger partial charge in [0.25, 0.3) is 5.91 Å². The summed E-state index contributed by atoms with van der Waals surface area (Å²) in [5.74, 6) is -0.554. The average molecular weight is 323 g/mol. The Hall–Kier alpha value is -1.75. The van der Waals surface area contributed by atoms with E-state index in [1.807, 2.05) is 0 Å². The maximum Gasteiger partial charge on any atom is 0.272 e. The van der Waals surface area contributed by atoms with Crippen LogP contribution in [0.1, 0.15) is 16.1 Å². The summed E-state index contributed by atoms with van der Waals surface area (Å²) in [4.78, 5) is 17.6. The summed E-state index contributed by atoms with van der Waals surface area (Å²) in [5, 5.41) is 0. The molecule has 1 heterocycles. The molecule has 5 heteroatoms. The molecule has 0 bridgehead atoms. The standard InChI is InChI=1S/C14H12BrFN2O/c1-18(9-10-4-2-3-5-12(10)16)14(19)13-7-6-11(15)8-17-13/h2-8H,9H2,1H3. The van der Waals surface area contributed by atoms with E-state index in [1.54, 1.807) is 43.6 Å². The summed E-state index contributed by atoms with van der Waals surface area (Å²) in [6, 6.07) is 9.78. The molecule has 0 atom stereocenters. The van der Waals surface area contributed by atoms with Crippen molar-refractivity contribution in [1.29, 1.82) is 0 Å². The topological polar surface area (TPSA) is 33.2 Å². The number of nitrogens with zero attached hydrogens (tertiary/aromatic N) is 2. The Morgan fingerprint density at radius 2 is 2.05 bits per heavy atom. The van der Waals surface area contributed by atoms with Gasteiger partial charge in [0.2, 0.25) is 0 Å². The van der Waals surface area contributed by atoms with Gasteiger partial charge in [-0.3, -0.25) is 4.79 Å². The Morgan fingerprint density at radius 3 is 2.68 bits per heavy atom. The molecule has 3 nitrogen and oxygen atoms in total. The molecule has 0 N–H and O–H groups in total. The summed E-state index contributed by atoms with van der Waals surface area (Å²) < 4.78 is 14.3. The van der Waals surface area contributed by atoms with Crippen molar-refractivity contribution in [2.75, 3.05) is 7.05 Å². The largest absolute Gasteiger partial charge is 0.336 e. The first-order valence-corrected chi connectivity index (χ1v) is 6.47. The molecule has 98 valence electrons. The van der Waals surface area contributed by atoms with Gasteiger partial charge in [0.15, 0.2) is 0 Å². The van der Waals surface area contributed by atoms with Gasteiger partial charge in [-0.15, -0.1) is 0 Å². The summed E-state index contributed by atoms with van der Waals surface area (Å²) in [6.45, 7) is 0.212. The van der Waals surface area contributed by atoms with Crippen LogP contribution in [0.3, 0.4) is 0 Å². The van der Waals surface area contributed by atoms with Gasteiger partial charge in [0.05, 0.1) is 0 Å². The van der Waals surface area contributed by atoms with Gasteiger partial charge in [-0.05, 0) is 34.1 Å². The zero-order valence-corrected chi connectivity index (χ0v) is 11.9. The van der Waals surface area contributed by atoms with E-state index >= 15 is 0 Å². The van der Waals surface area contributed by atoms with Gasteiger partial charge in [0, 0.05) is 29.8 Å². The number of halogens is 2. The van der Waals surface area contributed by atoms with Gasteiger partial charge >= 0.3 is 0 Å². The second-order valence-corrected chi connectivity index (χ2v) is 5.03. The molecule has 0 saturated heterocycles. The average Bonchev–Trinajstić information content (AvgIpc) is 2.41. The molecule has 0 aliphatic rings. The van der Waals surface area contributed by atoms with Crippen LogP contribution in [0.4, 0.5) is 4.39 Å². The fourth-order valence-corrected chi connectivity index (χ4v) is 1.89. The second kappa shape index (κ2) is 5.93. The molecule has 1 aromatic heterocycles. The van der Waals surface area contributed by atoms with Crippen LogP contribution < -0.4 is 0 Å². The Balaban J connectivity index is 2.12. The van der Waals surface area contributed by atoms with Crippen molar-refractivity contribution in [3.63, 3.8) is 0 Å². The normalized spacial score (nSPS) is 10.3. The third-order valence-corrected chi connectivity index (χ3v) is 3.13. The lowest BCUT2D eigenvalue weighted by molar-refractivity contribution is 0.0778. The van der Waals surface area contributed by atoms with Crippen molar-refractivity contribution in [2.24, 2.45) is 0 Å². The molecule has 1 amide bonds. The smallest absolute Gasteiger partial charge is 0.272 e. The van der Waals surface area contributed by atoms with Gasteiger partial charge in [0.1, 0.15) is 11.5 Å². The number of hydrogen-bond donors (Lipinski definition) is 0. The molecule has 2 rings (SSSR count). The maximum atomic E-state index is 13.5. The van der Waals surface area contributed by atoms with Gasteiger partial charge < -0.3 is 4.90 Å². The molecule has 0 fully saturated rings. The Labute approximate surface area is 119 Å². The van der Waals surface area contributed by atoms with Crippen LogP contribution in [-0.2, 0) is 6.54 Å². The lowest BCUT2D eigenvalue weighted by Gasteiger charge is -2.17. The summed E-state index contributed by atoms with van der Waals surface area (Å²) in [5.41, 5.74) is 0.817. The SMILES string of the molecule is CN(Cc1ccccc1F)C(=O)c1ccc(Br)cn1. The quantitative estimate of drug-likeness (QED) is 0.869. The third kappa shape index (κ3) is 3.38. The van der Waals surface area contributed by atoms with Crippen LogP contribution in [-0.4, -0.2) is 22.8 Å². The number of pyridine rings is 1. The zero-order chi connectivity index (χ0) is 13.8. The molecule has 0 saturated carbocycles. The highest BCUT2D eigenvalue weighted by Gasteiger charge is 2.14. The number of carbonyl (C=O) groups excluding carboxylic acids is 1. The van der Waals surface area contributed by atoms with Crippen molar-refractivity contribution < 1.29 is 9.18 Å². The van der Waals surface area contributed by atoms with Crippen LogP contribution in [0.5, 0.6) is 0 Å². The van der Waals surface area contributed by atoms with Crippen LogP contribution >= 0.6 is 15.9 Å². The van der Waals surface area contributed by atoms with Gasteiger partial charge in [-0.1, -0.05) is 18.2 Å². The molecule has 1 aromatic carbocycles. The van der Waals surface area contributed by atoms with E-state index in [1.165, 1.54) is 11.0 Å². The zero-order valence-electron chi connectivity index (χ0n) is 10.3. The first-order chi connectivity index (χ1) is 9.08. The molecular formula is C14H12BrFN2O. The van der Waals surface area contributed by atoms with Crippen LogP contribution in [0.25, 0.3) is 0 Å². The molecule has 2 aromatic rings. The van der Waals surface area contributed by atoms with E-state index in [4.69, 9.17) is 0 Å². The first-order valence-electron chi connectivity index (χ1n) is 5.68. The number of rotatable bonds is 3. The summed E-state index contributed by atoms with van der Waals surface area (Å²) in [7, 11) is 1.62. The van der Waals surface area contributed by atoms with E-state index in [0.29, 0.717) is 11.3 Å². The number of benzene rings is 1. The van der Waals surface area contributed by atoms with Crippen LogP contribution in [0.15, 0.2) is 47.1 Å². The van der Waals surface area contributed by atoms with E-state index in [2.05, 4.69) is 20.9 Å². The molecule has 0 unspecified atom stereocenters. The predicted octanol–water partition coefficient (Wildman–Crippen LogP) is 3.26. The highest BCUT2D eigenvalue weighted by molar-refractivity contribution is 9.10. The minimum Gasteiger partial charge on any atom is -0.336 e. The van der Waals surface area contributed by atoms with E-state index in [-0.39, 0.29) is 18.3 Å². The first kappa shape index (κ1) is 13.7. The van der Waals surface area contributed by atoms with Crippen molar-refractivity contribution in [1.82, 2.24) is 9.88 Å². The minimum atomic E-state index is -0.314. The fraction of sp³-hybridized carbons (Fsp3) is 0.143. The molecular weight excluding hydrogens is 311 g/mol. The molecule has 0 aliphatic heterocycles. The van der Waals surface area contributed by atoms with E-state index in [9.17, 15) is 9.18 Å². The van der Waals surface area contributed by atoms with Gasteiger partial charge in [-0.25, -0.2) is 9.37 Å². The number of carbonyl (C=O) groups is 1. The lowest BCUT2D eigenvalue weighted by atomic mass is 10.2. The van der Waals surface area contributed by atoms with Gasteiger partial charge in [-0.2, -0.15) is 0 Å². The lowest BCUT2D eigenvalue weighted by Crippen LogP contribution is -2.27. The molecule has 0 radical (unpaired) electrons. The highest BCUT2D eigenvalue weighted by Crippen LogP contribution is 2.12. The van der Waals surface area contributed by atoms with Crippen LogP contribution in [0.2, 0.25) is 0 Å². The predicted molar refractivity (Wildman–Crippen MR) is 74.1 cm³/mol.